The lowest BCUT2D eigenvalue weighted by Gasteiger charge is -2.24. The van der Waals surface area contributed by atoms with Crippen LogP contribution in [0, 0.1) is 0 Å². The van der Waals surface area contributed by atoms with Gasteiger partial charge in [-0.15, -0.1) is 0 Å². The van der Waals surface area contributed by atoms with Crippen molar-refractivity contribution < 1.29 is 22.4 Å². The van der Waals surface area contributed by atoms with Crippen LogP contribution in [-0.4, -0.2) is 39.7 Å². The molecule has 6 nitrogen and oxygen atoms in total. The molecule has 0 aliphatic carbocycles. The van der Waals surface area contributed by atoms with Crippen molar-refractivity contribution in [1.82, 2.24) is 4.90 Å². The van der Waals surface area contributed by atoms with E-state index in [0.29, 0.717) is 17.2 Å². The van der Waals surface area contributed by atoms with Gasteiger partial charge in [0, 0.05) is 12.3 Å². The molecule has 2 rings (SSSR count). The summed E-state index contributed by atoms with van der Waals surface area (Å²) in [6.45, 7) is 2.52. The molecule has 0 aliphatic heterocycles. The minimum atomic E-state index is -3.19. The van der Waals surface area contributed by atoms with E-state index in [0.717, 1.165) is 5.56 Å². The number of carbonyl (C=O) groups is 1. The number of ether oxygens (including phenoxy) is 1. The molecular weight excluding hydrogens is 330 g/mol. The fraction of sp³-hybridized carbons (Fsp3) is 0.353. The molecule has 7 heteroatoms. The second kappa shape index (κ2) is 7.19. The van der Waals surface area contributed by atoms with E-state index in [1.807, 2.05) is 18.9 Å². The molecule has 1 atom stereocenters. The number of sulfone groups is 1. The number of hydrogen-bond donors (Lipinski definition) is 0. The Bertz CT molecular complexity index is 808. The quantitative estimate of drug-likeness (QED) is 0.745. The Kier molecular flexibility index (Phi) is 5.46. The molecule has 1 unspecified atom stereocenters. The highest BCUT2D eigenvalue weighted by atomic mass is 32.2. The van der Waals surface area contributed by atoms with E-state index in [-0.39, 0.29) is 11.8 Å². The van der Waals surface area contributed by atoms with Crippen molar-refractivity contribution in [2.75, 3.05) is 20.4 Å². The van der Waals surface area contributed by atoms with Crippen LogP contribution < -0.4 is 0 Å². The maximum atomic E-state index is 11.5. The van der Waals surface area contributed by atoms with Crippen molar-refractivity contribution in [3.05, 3.63) is 53.5 Å². The third kappa shape index (κ3) is 4.24. The summed E-state index contributed by atoms with van der Waals surface area (Å²) < 4.78 is 33.1. The first-order valence-corrected chi connectivity index (χ1v) is 9.29. The van der Waals surface area contributed by atoms with Crippen LogP contribution in [0.2, 0.25) is 0 Å². The minimum absolute atomic E-state index is 0.0466. The normalized spacial score (nSPS) is 13.0. The van der Waals surface area contributed by atoms with Gasteiger partial charge in [0.2, 0.25) is 5.76 Å². The molecule has 0 saturated carbocycles. The van der Waals surface area contributed by atoms with Gasteiger partial charge in [0.05, 0.1) is 18.6 Å². The molecule has 0 radical (unpaired) electrons. The predicted octanol–water partition coefficient (Wildman–Crippen LogP) is 2.66. The van der Waals surface area contributed by atoms with Crippen LogP contribution in [0.4, 0.5) is 0 Å². The molecule has 1 aromatic carbocycles. The molecule has 0 fully saturated rings. The van der Waals surface area contributed by atoms with E-state index in [4.69, 9.17) is 4.42 Å². The summed E-state index contributed by atoms with van der Waals surface area (Å²) in [6.07, 6.45) is 1.19. The lowest BCUT2D eigenvalue weighted by molar-refractivity contribution is 0.0561. The second-order valence-corrected chi connectivity index (χ2v) is 7.71. The van der Waals surface area contributed by atoms with E-state index < -0.39 is 15.8 Å². The van der Waals surface area contributed by atoms with Crippen molar-refractivity contribution in [2.24, 2.45) is 0 Å². The number of furan rings is 1. The van der Waals surface area contributed by atoms with Gasteiger partial charge in [-0.2, -0.15) is 0 Å². The van der Waals surface area contributed by atoms with Gasteiger partial charge >= 0.3 is 5.97 Å². The zero-order chi connectivity index (χ0) is 17.9. The van der Waals surface area contributed by atoms with Gasteiger partial charge in [0.15, 0.2) is 9.84 Å². The summed E-state index contributed by atoms with van der Waals surface area (Å²) in [5, 5.41) is 0. The number of nitrogens with zero attached hydrogens (tertiary/aromatic N) is 1. The van der Waals surface area contributed by atoms with Gasteiger partial charge in [-0.25, -0.2) is 13.2 Å². The molecule has 1 aromatic heterocycles. The summed E-state index contributed by atoms with van der Waals surface area (Å²) in [5.41, 5.74) is 0.990. The summed E-state index contributed by atoms with van der Waals surface area (Å²) >= 11 is 0. The molecule has 0 saturated heterocycles. The van der Waals surface area contributed by atoms with Crippen LogP contribution in [0.1, 0.15) is 34.8 Å². The van der Waals surface area contributed by atoms with Crippen molar-refractivity contribution >= 4 is 15.8 Å². The van der Waals surface area contributed by atoms with Crippen molar-refractivity contribution in [1.29, 1.82) is 0 Å². The summed E-state index contributed by atoms with van der Waals surface area (Å²) in [7, 11) is 0.0361. The average molecular weight is 351 g/mol. The van der Waals surface area contributed by atoms with Crippen LogP contribution in [0.15, 0.2) is 45.7 Å². The van der Waals surface area contributed by atoms with E-state index in [2.05, 4.69) is 4.74 Å². The van der Waals surface area contributed by atoms with Gasteiger partial charge in [0.25, 0.3) is 0 Å². The van der Waals surface area contributed by atoms with Crippen LogP contribution in [-0.2, 0) is 21.1 Å². The number of carbonyl (C=O) groups excluding carboxylic acids is 1. The lowest BCUT2D eigenvalue weighted by Crippen LogP contribution is -2.21. The molecule has 130 valence electrons. The van der Waals surface area contributed by atoms with Crippen molar-refractivity contribution in [3.8, 4) is 0 Å². The Labute approximate surface area is 141 Å². The number of methoxy groups -OCH3 is 1. The largest absolute Gasteiger partial charge is 0.463 e. The third-order valence-corrected chi connectivity index (χ3v) is 5.03. The van der Waals surface area contributed by atoms with Gasteiger partial charge in [-0.05, 0) is 43.8 Å². The molecule has 0 bridgehead atoms. The molecule has 0 spiro atoms. The zero-order valence-electron chi connectivity index (χ0n) is 14.1. The lowest BCUT2D eigenvalue weighted by atomic mass is 10.1. The highest BCUT2D eigenvalue weighted by Crippen LogP contribution is 2.23. The van der Waals surface area contributed by atoms with E-state index in [1.54, 1.807) is 36.4 Å². The van der Waals surface area contributed by atoms with Crippen molar-refractivity contribution in [2.45, 2.75) is 24.4 Å². The fourth-order valence-electron chi connectivity index (χ4n) is 2.30. The topological polar surface area (TPSA) is 76.8 Å². The number of esters is 1. The highest BCUT2D eigenvalue weighted by molar-refractivity contribution is 7.90. The van der Waals surface area contributed by atoms with Gasteiger partial charge < -0.3 is 9.15 Å². The zero-order valence-corrected chi connectivity index (χ0v) is 15.0. The average Bonchev–Trinajstić information content (AvgIpc) is 3.01. The fourth-order valence-corrected chi connectivity index (χ4v) is 2.93. The maximum absolute atomic E-state index is 11.5. The second-order valence-electron chi connectivity index (χ2n) is 5.69. The summed E-state index contributed by atoms with van der Waals surface area (Å²) in [4.78, 5) is 13.7. The Morgan fingerprint density at radius 2 is 1.83 bits per heavy atom. The van der Waals surface area contributed by atoms with E-state index >= 15 is 0 Å². The molecule has 2 aromatic rings. The number of hydrogen-bond acceptors (Lipinski definition) is 6. The standard InChI is InChI=1S/C17H21NO5S/c1-12(13-5-8-15(9-6-13)24(4,20)21)18(2)11-14-7-10-16(23-14)17(19)22-3/h5-10,12H,11H2,1-4H3. The van der Waals surface area contributed by atoms with Crippen LogP contribution in [0.3, 0.4) is 0 Å². The third-order valence-electron chi connectivity index (χ3n) is 3.91. The molecule has 0 N–H and O–H groups in total. The molecule has 0 aliphatic rings. The maximum Gasteiger partial charge on any atom is 0.373 e. The Hall–Kier alpha value is -2.12. The molecular formula is C17H21NO5S. The Morgan fingerprint density at radius 3 is 2.38 bits per heavy atom. The van der Waals surface area contributed by atoms with E-state index in [9.17, 15) is 13.2 Å². The van der Waals surface area contributed by atoms with Gasteiger partial charge in [0.1, 0.15) is 5.76 Å². The first-order chi connectivity index (χ1) is 11.2. The molecule has 1 heterocycles. The van der Waals surface area contributed by atoms with Crippen LogP contribution >= 0.6 is 0 Å². The Balaban J connectivity index is 2.07. The smallest absolute Gasteiger partial charge is 0.373 e. The monoisotopic (exact) mass is 351 g/mol. The summed E-state index contributed by atoms with van der Waals surface area (Å²) in [5.74, 6) is 0.317. The Morgan fingerprint density at radius 1 is 1.21 bits per heavy atom. The number of rotatable bonds is 6. The van der Waals surface area contributed by atoms with Gasteiger partial charge in [-0.3, -0.25) is 4.90 Å². The number of benzene rings is 1. The van der Waals surface area contributed by atoms with Crippen LogP contribution in [0.25, 0.3) is 0 Å². The minimum Gasteiger partial charge on any atom is -0.463 e. The molecule has 24 heavy (non-hydrogen) atoms. The van der Waals surface area contributed by atoms with Crippen molar-refractivity contribution in [3.63, 3.8) is 0 Å². The summed E-state index contributed by atoms with van der Waals surface area (Å²) in [6, 6.07) is 10.2. The van der Waals surface area contributed by atoms with Crippen LogP contribution in [0.5, 0.6) is 0 Å². The predicted molar refractivity (Wildman–Crippen MR) is 89.5 cm³/mol. The van der Waals surface area contributed by atoms with E-state index in [1.165, 1.54) is 13.4 Å². The first kappa shape index (κ1) is 18.2. The SMILES string of the molecule is COC(=O)c1ccc(CN(C)C(C)c2ccc(S(C)(=O)=O)cc2)o1. The first-order valence-electron chi connectivity index (χ1n) is 7.39. The van der Waals surface area contributed by atoms with Gasteiger partial charge in [-0.1, -0.05) is 12.1 Å². The highest BCUT2D eigenvalue weighted by Gasteiger charge is 2.17. The molecule has 0 amide bonds.